The van der Waals surface area contributed by atoms with Gasteiger partial charge in [0.05, 0.1) is 11.9 Å². The van der Waals surface area contributed by atoms with Crippen molar-refractivity contribution < 1.29 is 22.9 Å². The van der Waals surface area contributed by atoms with E-state index in [0.29, 0.717) is 35.6 Å². The Balaban J connectivity index is 1.60. The molecule has 168 valence electrons. The summed E-state index contributed by atoms with van der Waals surface area (Å²) < 4.78 is 42.9. The van der Waals surface area contributed by atoms with Gasteiger partial charge in [-0.2, -0.15) is 0 Å². The minimum atomic E-state index is -3.79. The van der Waals surface area contributed by atoms with Gasteiger partial charge in [0.25, 0.3) is 0 Å². The van der Waals surface area contributed by atoms with Gasteiger partial charge in [-0.15, -0.1) is 0 Å². The molecule has 1 heterocycles. The molecule has 0 bridgehead atoms. The maximum absolute atomic E-state index is 14.7. The monoisotopic (exact) mass is 449 g/mol. The number of furan rings is 1. The molecule has 0 radical (unpaired) electrons. The summed E-state index contributed by atoms with van der Waals surface area (Å²) in [6, 6.07) is 2.00. The third-order valence-corrected chi connectivity index (χ3v) is 7.49. The first-order valence-electron chi connectivity index (χ1n) is 10.5. The van der Waals surface area contributed by atoms with Crippen molar-refractivity contribution >= 4 is 21.6 Å². The van der Waals surface area contributed by atoms with E-state index in [2.05, 4.69) is 10.0 Å². The zero-order valence-electron chi connectivity index (χ0n) is 17.9. The Hall–Kier alpha value is -2.39. The molecule has 2 amide bonds. The lowest BCUT2D eigenvalue weighted by Crippen LogP contribution is -2.34. The second kappa shape index (κ2) is 7.63. The molecule has 2 aromatic rings. The van der Waals surface area contributed by atoms with Crippen LogP contribution in [0.5, 0.6) is 0 Å². The number of amides is 2. The summed E-state index contributed by atoms with van der Waals surface area (Å²) in [5.41, 5.74) is 1.84. The molecule has 9 heteroatoms. The molecule has 31 heavy (non-hydrogen) atoms. The molecular formula is C22H28FN3O4S. The highest BCUT2D eigenvalue weighted by molar-refractivity contribution is 7.91. The maximum Gasteiger partial charge on any atom is 0.332 e. The molecule has 1 saturated carbocycles. The summed E-state index contributed by atoms with van der Waals surface area (Å²) in [7, 11) is -3.79. The molecule has 2 atom stereocenters. The van der Waals surface area contributed by atoms with Gasteiger partial charge < -0.3 is 14.8 Å². The van der Waals surface area contributed by atoms with E-state index in [1.165, 1.54) is 32.2 Å². The number of halogens is 1. The van der Waals surface area contributed by atoms with Crippen LogP contribution < -0.4 is 10.0 Å². The highest BCUT2D eigenvalue weighted by Crippen LogP contribution is 2.47. The van der Waals surface area contributed by atoms with Crippen LogP contribution in [0.15, 0.2) is 27.9 Å². The molecule has 1 fully saturated rings. The van der Waals surface area contributed by atoms with Crippen molar-refractivity contribution in [2.24, 2.45) is 5.92 Å². The fourth-order valence-electron chi connectivity index (χ4n) is 4.22. The van der Waals surface area contributed by atoms with Crippen LogP contribution >= 0.6 is 0 Å². The van der Waals surface area contributed by atoms with E-state index in [4.69, 9.17) is 9.20 Å². The predicted octanol–water partition coefficient (Wildman–Crippen LogP) is 4.79. The van der Waals surface area contributed by atoms with E-state index in [1.54, 1.807) is 0 Å². The Labute approximate surface area is 181 Å². The quantitative estimate of drug-likeness (QED) is 0.507. The molecule has 4 N–H and O–H groups in total. The minimum Gasteiger partial charge on any atom is -0.452 e. The van der Waals surface area contributed by atoms with Crippen LogP contribution in [-0.2, 0) is 28.4 Å². The molecule has 0 saturated heterocycles. The van der Waals surface area contributed by atoms with Crippen molar-refractivity contribution in [2.45, 2.75) is 69.5 Å². The molecule has 2 aliphatic carbocycles. The highest BCUT2D eigenvalue weighted by Gasteiger charge is 2.34. The van der Waals surface area contributed by atoms with Gasteiger partial charge in [0.1, 0.15) is 5.82 Å². The smallest absolute Gasteiger partial charge is 0.332 e. The number of nitrogens with one attached hydrogen (secondary N) is 3. The Morgan fingerprint density at radius 1 is 1.32 bits per heavy atom. The Morgan fingerprint density at radius 3 is 2.61 bits per heavy atom. The standard InChI is InChI=1S/C22H28FN3O4S/c1-12(13-7-8-13)17-10-18(23)15-5-4-6-16(15)20(17)25-21(27)26-31(24,29)19-9-14(11-30-19)22(2,3)28/h9-13,28H,4-8H2,1-3H3,(H3,24,25,26,27,29)/t12-,31-/m1/s1. The van der Waals surface area contributed by atoms with Gasteiger partial charge in [-0.3, -0.25) is 0 Å². The summed E-state index contributed by atoms with van der Waals surface area (Å²) in [6.07, 6.45) is 5.46. The van der Waals surface area contributed by atoms with Crippen LogP contribution in [0.25, 0.3) is 0 Å². The van der Waals surface area contributed by atoms with Gasteiger partial charge >= 0.3 is 6.03 Å². The summed E-state index contributed by atoms with van der Waals surface area (Å²) >= 11 is 0. The van der Waals surface area contributed by atoms with Gasteiger partial charge in [0.15, 0.2) is 9.92 Å². The number of hydrogen-bond donors (Lipinski definition) is 4. The molecular weight excluding hydrogens is 421 g/mol. The average molecular weight is 450 g/mol. The first kappa shape index (κ1) is 21.8. The van der Waals surface area contributed by atoms with Gasteiger partial charge in [-0.1, -0.05) is 6.92 Å². The Morgan fingerprint density at radius 2 is 2.00 bits per heavy atom. The summed E-state index contributed by atoms with van der Waals surface area (Å²) in [5, 5.41) is 12.5. The number of rotatable bonds is 6. The van der Waals surface area contributed by atoms with Crippen LogP contribution in [0, 0.1) is 16.5 Å². The van der Waals surface area contributed by atoms with Crippen molar-refractivity contribution in [3.63, 3.8) is 0 Å². The number of hydrogen-bond acceptors (Lipinski definition) is 5. The number of anilines is 1. The number of urea groups is 1. The third-order valence-electron chi connectivity index (χ3n) is 6.24. The average Bonchev–Trinajstić information content (AvgIpc) is 3.17. The molecule has 1 aromatic heterocycles. The highest BCUT2D eigenvalue weighted by atomic mass is 32.2. The van der Waals surface area contributed by atoms with Crippen molar-refractivity contribution in [1.29, 1.82) is 4.78 Å². The number of fused-ring (bicyclic) bond motifs is 1. The predicted molar refractivity (Wildman–Crippen MR) is 115 cm³/mol. The second-order valence-electron chi connectivity index (χ2n) is 9.09. The molecule has 0 spiro atoms. The van der Waals surface area contributed by atoms with Gasteiger partial charge in [0, 0.05) is 17.3 Å². The molecule has 2 aliphatic rings. The van der Waals surface area contributed by atoms with Crippen LogP contribution in [0.3, 0.4) is 0 Å². The topological polar surface area (TPSA) is 115 Å². The van der Waals surface area contributed by atoms with E-state index in [9.17, 15) is 18.5 Å². The fraction of sp³-hybridized carbons (Fsp3) is 0.500. The van der Waals surface area contributed by atoms with Crippen molar-refractivity contribution in [3.8, 4) is 0 Å². The second-order valence-corrected chi connectivity index (χ2v) is 10.8. The van der Waals surface area contributed by atoms with Crippen LogP contribution in [0.1, 0.15) is 68.2 Å². The summed E-state index contributed by atoms with van der Waals surface area (Å²) in [6.45, 7) is 5.10. The minimum absolute atomic E-state index is 0.0930. The van der Waals surface area contributed by atoms with Crippen LogP contribution in [0.2, 0.25) is 0 Å². The van der Waals surface area contributed by atoms with Crippen molar-refractivity contribution in [3.05, 3.63) is 46.5 Å². The summed E-state index contributed by atoms with van der Waals surface area (Å²) in [4.78, 5) is 12.7. The maximum atomic E-state index is 14.7. The lowest BCUT2D eigenvalue weighted by molar-refractivity contribution is 0.0779. The molecule has 0 unspecified atom stereocenters. The Bertz CT molecular complexity index is 1130. The molecule has 0 aliphatic heterocycles. The number of benzene rings is 1. The zero-order chi connectivity index (χ0) is 22.6. The van der Waals surface area contributed by atoms with E-state index < -0.39 is 21.5 Å². The summed E-state index contributed by atoms with van der Waals surface area (Å²) in [5.74, 6) is 0.321. The van der Waals surface area contributed by atoms with Gasteiger partial charge in [-0.25, -0.2) is 22.9 Å². The van der Waals surface area contributed by atoms with Crippen LogP contribution in [-0.4, -0.2) is 15.3 Å². The first-order chi connectivity index (χ1) is 14.5. The Kier molecular flexibility index (Phi) is 5.37. The lowest BCUT2D eigenvalue weighted by Gasteiger charge is -2.21. The number of carbonyl (C=O) groups excluding carboxylic acids is 1. The number of carbonyl (C=O) groups is 1. The van der Waals surface area contributed by atoms with Gasteiger partial charge in [-0.05, 0) is 80.5 Å². The largest absolute Gasteiger partial charge is 0.452 e. The molecule has 7 nitrogen and oxygen atoms in total. The third kappa shape index (κ3) is 4.34. The SMILES string of the molecule is C[C@@H](c1cc(F)c2c(c1NC(=O)N[S@@](=N)(=O)c1cc(C(C)(C)O)co1)CCC2)C1CC1. The van der Waals surface area contributed by atoms with Crippen LogP contribution in [0.4, 0.5) is 14.9 Å². The van der Waals surface area contributed by atoms with E-state index in [-0.39, 0.29) is 16.8 Å². The van der Waals surface area contributed by atoms with E-state index in [1.807, 2.05) is 6.92 Å². The van der Waals surface area contributed by atoms with Crippen molar-refractivity contribution in [2.75, 3.05) is 5.32 Å². The zero-order valence-corrected chi connectivity index (χ0v) is 18.7. The number of aliphatic hydroxyl groups is 1. The normalized spacial score (nSPS) is 18.9. The first-order valence-corrected chi connectivity index (χ1v) is 12.1. The molecule has 4 rings (SSSR count). The molecule has 1 aromatic carbocycles. The lowest BCUT2D eigenvalue weighted by atomic mass is 9.90. The van der Waals surface area contributed by atoms with E-state index in [0.717, 1.165) is 30.4 Å². The fourth-order valence-corrected chi connectivity index (χ4v) is 5.11. The van der Waals surface area contributed by atoms with Gasteiger partial charge in [0.2, 0.25) is 5.09 Å². The van der Waals surface area contributed by atoms with E-state index >= 15 is 0 Å². The van der Waals surface area contributed by atoms with Crippen molar-refractivity contribution in [1.82, 2.24) is 4.72 Å².